The van der Waals surface area contributed by atoms with Crippen LogP contribution in [-0.4, -0.2) is 13.7 Å². The van der Waals surface area contributed by atoms with Gasteiger partial charge in [-0.2, -0.15) is 0 Å². The van der Waals surface area contributed by atoms with Gasteiger partial charge in [0.05, 0.1) is 20.3 Å². The maximum absolute atomic E-state index is 5.58. The van der Waals surface area contributed by atoms with Gasteiger partial charge in [-0.05, 0) is 23.3 Å². The standard InChI is InChI=1S/C17H18O2/c1-18-17-11-5-9-15(13-17)10-6-12-19-14-16-7-3-2-4-8-16/h2-11,13H,12,14H2,1H3/b10-6+. The zero-order valence-electron chi connectivity index (χ0n) is 11.1. The summed E-state index contributed by atoms with van der Waals surface area (Å²) in [5, 5.41) is 0. The molecule has 0 aliphatic carbocycles. The lowest BCUT2D eigenvalue weighted by Gasteiger charge is -2.01. The van der Waals surface area contributed by atoms with Crippen LogP contribution in [0.3, 0.4) is 0 Å². The van der Waals surface area contributed by atoms with Gasteiger partial charge >= 0.3 is 0 Å². The van der Waals surface area contributed by atoms with E-state index in [2.05, 4.69) is 12.1 Å². The van der Waals surface area contributed by atoms with E-state index in [-0.39, 0.29) is 0 Å². The Bertz CT molecular complexity index is 518. The van der Waals surface area contributed by atoms with Crippen LogP contribution in [0.4, 0.5) is 0 Å². The summed E-state index contributed by atoms with van der Waals surface area (Å²) in [6.07, 6.45) is 4.05. The number of rotatable bonds is 6. The maximum atomic E-state index is 5.58. The Balaban J connectivity index is 1.77. The molecule has 0 atom stereocenters. The molecule has 0 saturated heterocycles. The van der Waals surface area contributed by atoms with Crippen molar-refractivity contribution in [2.24, 2.45) is 0 Å². The van der Waals surface area contributed by atoms with E-state index < -0.39 is 0 Å². The average molecular weight is 254 g/mol. The summed E-state index contributed by atoms with van der Waals surface area (Å²) < 4.78 is 10.8. The lowest BCUT2D eigenvalue weighted by molar-refractivity contribution is 0.149. The summed E-state index contributed by atoms with van der Waals surface area (Å²) in [5.41, 5.74) is 2.31. The highest BCUT2D eigenvalue weighted by atomic mass is 16.5. The summed E-state index contributed by atoms with van der Waals surface area (Å²) >= 11 is 0. The fourth-order valence-electron chi connectivity index (χ4n) is 1.75. The van der Waals surface area contributed by atoms with Crippen molar-refractivity contribution in [3.05, 3.63) is 71.8 Å². The Hall–Kier alpha value is -2.06. The summed E-state index contributed by atoms with van der Waals surface area (Å²) in [6, 6.07) is 18.1. The van der Waals surface area contributed by atoms with Gasteiger partial charge in [-0.3, -0.25) is 0 Å². The Morgan fingerprint density at radius 2 is 1.84 bits per heavy atom. The third-order valence-electron chi connectivity index (χ3n) is 2.73. The zero-order chi connectivity index (χ0) is 13.3. The molecule has 0 saturated carbocycles. The highest BCUT2D eigenvalue weighted by Crippen LogP contribution is 2.13. The van der Waals surface area contributed by atoms with Crippen LogP contribution in [-0.2, 0) is 11.3 Å². The second-order valence-electron chi connectivity index (χ2n) is 4.18. The van der Waals surface area contributed by atoms with Gasteiger partial charge in [-0.25, -0.2) is 0 Å². The van der Waals surface area contributed by atoms with Gasteiger partial charge in [-0.1, -0.05) is 54.6 Å². The quantitative estimate of drug-likeness (QED) is 0.727. The number of methoxy groups -OCH3 is 1. The summed E-state index contributed by atoms with van der Waals surface area (Å²) in [5.74, 6) is 0.868. The topological polar surface area (TPSA) is 18.5 Å². The van der Waals surface area contributed by atoms with E-state index in [1.54, 1.807) is 7.11 Å². The molecular formula is C17H18O2. The van der Waals surface area contributed by atoms with Crippen LogP contribution in [0.15, 0.2) is 60.7 Å². The van der Waals surface area contributed by atoms with Crippen LogP contribution in [0.5, 0.6) is 5.75 Å². The van der Waals surface area contributed by atoms with Gasteiger partial charge in [-0.15, -0.1) is 0 Å². The molecule has 2 nitrogen and oxygen atoms in total. The van der Waals surface area contributed by atoms with Gasteiger partial charge < -0.3 is 9.47 Å². The summed E-state index contributed by atoms with van der Waals surface area (Å²) in [4.78, 5) is 0. The van der Waals surface area contributed by atoms with Crippen LogP contribution in [0.25, 0.3) is 6.08 Å². The molecule has 0 aromatic heterocycles. The van der Waals surface area contributed by atoms with Crippen LogP contribution in [0.2, 0.25) is 0 Å². The Labute approximate surface area is 114 Å². The molecule has 19 heavy (non-hydrogen) atoms. The normalized spacial score (nSPS) is 10.8. The van der Waals surface area contributed by atoms with E-state index in [4.69, 9.17) is 9.47 Å². The highest BCUT2D eigenvalue weighted by molar-refractivity contribution is 5.51. The predicted molar refractivity (Wildman–Crippen MR) is 78.1 cm³/mol. The Kier molecular flexibility index (Phi) is 5.20. The molecule has 2 rings (SSSR count). The van der Waals surface area contributed by atoms with Crippen LogP contribution >= 0.6 is 0 Å². The minimum absolute atomic E-state index is 0.603. The fourth-order valence-corrected chi connectivity index (χ4v) is 1.75. The first-order valence-corrected chi connectivity index (χ1v) is 6.31. The van der Waals surface area contributed by atoms with Crippen molar-refractivity contribution in [3.63, 3.8) is 0 Å². The largest absolute Gasteiger partial charge is 0.497 e. The van der Waals surface area contributed by atoms with Crippen LogP contribution < -0.4 is 4.74 Å². The molecule has 0 spiro atoms. The molecule has 2 aromatic rings. The monoisotopic (exact) mass is 254 g/mol. The first kappa shape index (κ1) is 13.4. The number of hydrogen-bond acceptors (Lipinski definition) is 2. The van der Waals surface area contributed by atoms with Crippen LogP contribution in [0, 0.1) is 0 Å². The second kappa shape index (κ2) is 7.39. The smallest absolute Gasteiger partial charge is 0.119 e. The molecule has 0 bridgehead atoms. The molecule has 0 heterocycles. The molecule has 0 aliphatic heterocycles. The Morgan fingerprint density at radius 1 is 1.00 bits per heavy atom. The molecule has 98 valence electrons. The summed E-state index contributed by atoms with van der Waals surface area (Å²) in [6.45, 7) is 1.25. The minimum atomic E-state index is 0.603. The predicted octanol–water partition coefficient (Wildman–Crippen LogP) is 3.93. The first-order valence-electron chi connectivity index (χ1n) is 6.31. The van der Waals surface area contributed by atoms with E-state index in [9.17, 15) is 0 Å². The van der Waals surface area contributed by atoms with Gasteiger partial charge in [0.2, 0.25) is 0 Å². The second-order valence-corrected chi connectivity index (χ2v) is 4.18. The molecule has 2 aromatic carbocycles. The number of hydrogen-bond donors (Lipinski definition) is 0. The first-order chi connectivity index (χ1) is 9.38. The van der Waals surface area contributed by atoms with Gasteiger partial charge in [0.1, 0.15) is 5.75 Å². The molecule has 2 heteroatoms. The lowest BCUT2D eigenvalue weighted by Crippen LogP contribution is -1.92. The molecule has 0 aliphatic rings. The lowest BCUT2D eigenvalue weighted by atomic mass is 10.2. The van der Waals surface area contributed by atoms with Crippen molar-refractivity contribution in [1.29, 1.82) is 0 Å². The van der Waals surface area contributed by atoms with Gasteiger partial charge in [0.15, 0.2) is 0 Å². The van der Waals surface area contributed by atoms with E-state index in [1.807, 2.05) is 54.6 Å². The third kappa shape index (κ3) is 4.60. The summed E-state index contributed by atoms with van der Waals surface area (Å²) in [7, 11) is 1.67. The molecule has 0 radical (unpaired) electrons. The highest BCUT2D eigenvalue weighted by Gasteiger charge is 1.92. The third-order valence-corrected chi connectivity index (χ3v) is 2.73. The molecular weight excluding hydrogens is 236 g/mol. The van der Waals surface area contributed by atoms with E-state index in [0.29, 0.717) is 13.2 Å². The maximum Gasteiger partial charge on any atom is 0.119 e. The van der Waals surface area contributed by atoms with E-state index in [1.165, 1.54) is 5.56 Å². The zero-order valence-corrected chi connectivity index (χ0v) is 11.1. The van der Waals surface area contributed by atoms with Crippen molar-refractivity contribution in [2.45, 2.75) is 6.61 Å². The number of ether oxygens (including phenoxy) is 2. The van der Waals surface area contributed by atoms with E-state index in [0.717, 1.165) is 11.3 Å². The van der Waals surface area contributed by atoms with E-state index >= 15 is 0 Å². The Morgan fingerprint density at radius 3 is 2.63 bits per heavy atom. The number of benzene rings is 2. The van der Waals surface area contributed by atoms with Gasteiger partial charge in [0.25, 0.3) is 0 Å². The fraction of sp³-hybridized carbons (Fsp3) is 0.176. The van der Waals surface area contributed by atoms with Crippen molar-refractivity contribution in [1.82, 2.24) is 0 Å². The van der Waals surface area contributed by atoms with Crippen LogP contribution in [0.1, 0.15) is 11.1 Å². The van der Waals surface area contributed by atoms with Crippen molar-refractivity contribution >= 4 is 6.08 Å². The van der Waals surface area contributed by atoms with Crippen molar-refractivity contribution in [2.75, 3.05) is 13.7 Å². The van der Waals surface area contributed by atoms with Gasteiger partial charge in [0, 0.05) is 0 Å². The minimum Gasteiger partial charge on any atom is -0.497 e. The van der Waals surface area contributed by atoms with Crippen molar-refractivity contribution < 1.29 is 9.47 Å². The average Bonchev–Trinajstić information content (AvgIpc) is 2.48. The molecule has 0 amide bonds. The SMILES string of the molecule is COc1cccc(/C=C/COCc2ccccc2)c1. The molecule has 0 unspecified atom stereocenters. The molecule has 0 N–H and O–H groups in total. The van der Waals surface area contributed by atoms with Crippen molar-refractivity contribution in [3.8, 4) is 5.75 Å². The molecule has 0 fully saturated rings.